The van der Waals surface area contributed by atoms with Gasteiger partial charge in [-0.1, -0.05) is 18.2 Å². The average molecular weight is 378 g/mol. The molecule has 1 aromatic heterocycles. The van der Waals surface area contributed by atoms with Crippen LogP contribution >= 0.6 is 10.7 Å². The summed E-state index contributed by atoms with van der Waals surface area (Å²) >= 11 is 0. The number of benzene rings is 1. The van der Waals surface area contributed by atoms with Crippen molar-refractivity contribution < 1.29 is 26.7 Å². The van der Waals surface area contributed by atoms with Gasteiger partial charge in [0, 0.05) is 10.7 Å². The van der Waals surface area contributed by atoms with Crippen LogP contribution in [0.4, 0.5) is 0 Å². The fraction of sp³-hybridized carbons (Fsp3) is 0.154. The van der Waals surface area contributed by atoms with Crippen LogP contribution in [0.2, 0.25) is 0 Å². The second-order valence-electron chi connectivity index (χ2n) is 4.73. The van der Waals surface area contributed by atoms with E-state index < -0.39 is 35.8 Å². The van der Waals surface area contributed by atoms with Crippen LogP contribution in [0, 0.1) is 13.8 Å². The van der Waals surface area contributed by atoms with E-state index in [1.807, 2.05) is 0 Å². The molecule has 0 aliphatic carbocycles. The zero-order valence-corrected chi connectivity index (χ0v) is 14.4. The quantitative estimate of drug-likeness (QED) is 0.815. The van der Waals surface area contributed by atoms with Gasteiger partial charge in [0.05, 0.1) is 4.90 Å². The molecule has 0 saturated carbocycles. The number of hydrogen-bond donors (Lipinski definition) is 1. The van der Waals surface area contributed by atoms with E-state index >= 15 is 0 Å². The molecule has 10 heteroatoms. The van der Waals surface area contributed by atoms with E-state index in [1.54, 1.807) is 6.07 Å². The van der Waals surface area contributed by atoms with Crippen LogP contribution in [0.3, 0.4) is 0 Å². The predicted octanol–water partition coefficient (Wildman–Crippen LogP) is 1.97. The van der Waals surface area contributed by atoms with Gasteiger partial charge in [0.25, 0.3) is 19.1 Å². The third-order valence-corrected chi connectivity index (χ3v) is 6.56. The van der Waals surface area contributed by atoms with Gasteiger partial charge in [-0.3, -0.25) is 0 Å². The van der Waals surface area contributed by atoms with Gasteiger partial charge in [-0.05, 0) is 37.1 Å². The molecule has 0 amide bonds. The first-order valence-electron chi connectivity index (χ1n) is 6.20. The zero-order chi connectivity index (χ0) is 17.6. The molecule has 0 spiro atoms. The second-order valence-corrected chi connectivity index (χ2v) is 9.00. The highest BCUT2D eigenvalue weighted by Crippen LogP contribution is 2.32. The number of hydrogen-bond acceptors (Lipinski definition) is 5. The first-order chi connectivity index (χ1) is 10.5. The lowest BCUT2D eigenvalue weighted by Crippen LogP contribution is -2.22. The molecular formula is C13H12ClNO6S2. The van der Waals surface area contributed by atoms with Gasteiger partial charge in [-0.2, -0.15) is 0 Å². The number of carbonyl (C=O) groups is 1. The molecule has 0 unspecified atom stereocenters. The summed E-state index contributed by atoms with van der Waals surface area (Å²) in [6.07, 6.45) is 0. The van der Waals surface area contributed by atoms with E-state index in [9.17, 15) is 26.7 Å². The first kappa shape index (κ1) is 17.5. The summed E-state index contributed by atoms with van der Waals surface area (Å²) in [6.45, 7) is 2.62. The standard InChI is InChI=1S/C13H12ClNO6S2/c1-8-9(2)12(22(14,18)19)15(11(8)13(16)17)23(20,21)10-6-4-3-5-7-10/h3-7H,1-2H3,(H,16,17). The lowest BCUT2D eigenvalue weighted by atomic mass is 10.2. The molecule has 0 radical (unpaired) electrons. The minimum atomic E-state index is -4.50. The Bertz CT molecular complexity index is 991. The van der Waals surface area contributed by atoms with E-state index in [0.29, 0.717) is 0 Å². The smallest absolute Gasteiger partial charge is 0.353 e. The number of carboxylic acids is 1. The van der Waals surface area contributed by atoms with E-state index in [0.717, 1.165) is 0 Å². The molecule has 1 heterocycles. The first-order valence-corrected chi connectivity index (χ1v) is 9.95. The third kappa shape index (κ3) is 2.87. The molecule has 7 nitrogen and oxygen atoms in total. The molecular weight excluding hydrogens is 366 g/mol. The van der Waals surface area contributed by atoms with Gasteiger partial charge in [0.2, 0.25) is 0 Å². The Labute approximate surface area is 137 Å². The van der Waals surface area contributed by atoms with Crippen LogP contribution in [0.1, 0.15) is 21.6 Å². The van der Waals surface area contributed by atoms with Gasteiger partial charge in [0.15, 0.2) is 5.03 Å². The number of nitrogens with zero attached hydrogens (tertiary/aromatic N) is 1. The summed E-state index contributed by atoms with van der Waals surface area (Å²) < 4.78 is 49.5. The SMILES string of the molecule is Cc1c(C)c(S(=O)(=O)Cl)n(S(=O)(=O)c2ccccc2)c1C(=O)O. The molecule has 0 fully saturated rings. The van der Waals surface area contributed by atoms with E-state index in [2.05, 4.69) is 0 Å². The molecule has 0 aliphatic rings. The number of halogens is 1. The van der Waals surface area contributed by atoms with Crippen molar-refractivity contribution in [1.82, 2.24) is 3.97 Å². The Kier molecular flexibility index (Phi) is 4.31. The van der Waals surface area contributed by atoms with Gasteiger partial charge < -0.3 is 5.11 Å². The Morgan fingerprint density at radius 1 is 1.04 bits per heavy atom. The monoisotopic (exact) mass is 377 g/mol. The molecule has 2 aromatic rings. The molecule has 1 N–H and O–H groups in total. The molecule has 0 aliphatic heterocycles. The molecule has 23 heavy (non-hydrogen) atoms. The van der Waals surface area contributed by atoms with Crippen LogP contribution in [-0.2, 0) is 19.1 Å². The van der Waals surface area contributed by atoms with Crippen molar-refractivity contribution in [2.24, 2.45) is 0 Å². The normalized spacial score (nSPS) is 12.3. The van der Waals surface area contributed by atoms with Gasteiger partial charge in [0.1, 0.15) is 5.69 Å². The Morgan fingerprint density at radius 3 is 2.00 bits per heavy atom. The van der Waals surface area contributed by atoms with Crippen LogP contribution < -0.4 is 0 Å². The van der Waals surface area contributed by atoms with E-state index in [-0.39, 0.29) is 20.0 Å². The topological polar surface area (TPSA) is 111 Å². The summed E-state index contributed by atoms with van der Waals surface area (Å²) in [5, 5.41) is 8.57. The average Bonchev–Trinajstić information content (AvgIpc) is 2.72. The maximum atomic E-state index is 12.8. The Morgan fingerprint density at radius 2 is 1.57 bits per heavy atom. The van der Waals surface area contributed by atoms with Gasteiger partial charge in [-0.15, -0.1) is 0 Å². The summed E-state index contributed by atoms with van der Waals surface area (Å²) in [4.78, 5) is 11.2. The summed E-state index contributed by atoms with van der Waals surface area (Å²) in [6, 6.07) is 6.91. The molecule has 2 rings (SSSR count). The molecule has 0 saturated heterocycles. The van der Waals surface area contributed by atoms with E-state index in [1.165, 1.54) is 38.1 Å². The van der Waals surface area contributed by atoms with Crippen molar-refractivity contribution in [3.8, 4) is 0 Å². The highest BCUT2D eigenvalue weighted by molar-refractivity contribution is 8.14. The third-order valence-electron chi connectivity index (χ3n) is 3.34. The van der Waals surface area contributed by atoms with Gasteiger partial charge >= 0.3 is 5.97 Å². The maximum absolute atomic E-state index is 12.8. The van der Waals surface area contributed by atoms with Crippen LogP contribution in [-0.4, -0.2) is 31.9 Å². The maximum Gasteiger partial charge on any atom is 0.353 e. The van der Waals surface area contributed by atoms with Crippen LogP contribution in [0.5, 0.6) is 0 Å². The minimum absolute atomic E-state index is 0.0104. The molecule has 1 aromatic carbocycles. The largest absolute Gasteiger partial charge is 0.477 e. The summed E-state index contributed by atoms with van der Waals surface area (Å²) in [5.74, 6) is -1.57. The van der Waals surface area contributed by atoms with Crippen molar-refractivity contribution in [3.05, 3.63) is 47.2 Å². The minimum Gasteiger partial charge on any atom is -0.477 e. The fourth-order valence-electron chi connectivity index (χ4n) is 2.20. The highest BCUT2D eigenvalue weighted by Gasteiger charge is 2.35. The van der Waals surface area contributed by atoms with Crippen molar-refractivity contribution >= 4 is 35.7 Å². The number of aromatic nitrogens is 1. The van der Waals surface area contributed by atoms with Crippen molar-refractivity contribution in [1.29, 1.82) is 0 Å². The lowest BCUT2D eigenvalue weighted by molar-refractivity contribution is 0.0688. The summed E-state index contributed by atoms with van der Waals surface area (Å²) in [7, 11) is -3.61. The number of rotatable bonds is 4. The van der Waals surface area contributed by atoms with Crippen LogP contribution in [0.15, 0.2) is 40.3 Å². The Hall–Kier alpha value is -1.84. The second kappa shape index (κ2) is 5.66. The van der Waals surface area contributed by atoms with Crippen molar-refractivity contribution in [2.45, 2.75) is 23.8 Å². The van der Waals surface area contributed by atoms with Crippen LogP contribution in [0.25, 0.3) is 0 Å². The molecule has 124 valence electrons. The highest BCUT2D eigenvalue weighted by atomic mass is 35.7. The number of carboxylic acid groups (broad SMARTS) is 1. The lowest BCUT2D eigenvalue weighted by Gasteiger charge is -2.11. The zero-order valence-electron chi connectivity index (χ0n) is 12.0. The predicted molar refractivity (Wildman–Crippen MR) is 82.9 cm³/mol. The van der Waals surface area contributed by atoms with Crippen molar-refractivity contribution in [3.63, 3.8) is 0 Å². The number of aromatic carboxylic acids is 1. The molecule has 0 atom stereocenters. The Balaban J connectivity index is 3.03. The summed E-state index contributed by atoms with van der Waals surface area (Å²) in [5.41, 5.74) is -0.682. The van der Waals surface area contributed by atoms with E-state index in [4.69, 9.17) is 10.7 Å². The fourth-order valence-corrected chi connectivity index (χ4v) is 5.80. The van der Waals surface area contributed by atoms with Gasteiger partial charge in [-0.25, -0.2) is 25.6 Å². The molecule has 0 bridgehead atoms. The van der Waals surface area contributed by atoms with Crippen molar-refractivity contribution in [2.75, 3.05) is 0 Å².